The third-order valence-electron chi connectivity index (χ3n) is 5.14. The van der Waals surface area contributed by atoms with Gasteiger partial charge in [0, 0.05) is 12.2 Å². The first-order valence-corrected chi connectivity index (χ1v) is 10.6. The Morgan fingerprint density at radius 2 is 1.72 bits per heavy atom. The van der Waals surface area contributed by atoms with E-state index in [0.29, 0.717) is 21.4 Å². The predicted octanol–water partition coefficient (Wildman–Crippen LogP) is 3.89. The summed E-state index contributed by atoms with van der Waals surface area (Å²) in [6, 6.07) is 10.7. The van der Waals surface area contributed by atoms with Gasteiger partial charge in [-0.3, -0.25) is 9.59 Å². The van der Waals surface area contributed by atoms with Crippen LogP contribution in [0.25, 0.3) is 5.69 Å². The zero-order valence-corrected chi connectivity index (χ0v) is 16.8. The summed E-state index contributed by atoms with van der Waals surface area (Å²) < 4.78 is 1.64. The third kappa shape index (κ3) is 4.89. The summed E-state index contributed by atoms with van der Waals surface area (Å²) in [6.45, 7) is 0.719. The first-order chi connectivity index (χ1) is 14.2. The molecule has 8 heteroatoms. The standard InChI is InChI=1S/C21H23N5O2S/c27-20(23-12-15-4-2-1-3-5-15)18-10-11-19(29-18)21(28)25-16-6-8-17(9-7-16)26-14-22-13-24-26/h6-11,13-15H,1-5,12H2,(H,23,27)(H,25,28). The van der Waals surface area contributed by atoms with Crippen LogP contribution in [0.1, 0.15) is 51.4 Å². The van der Waals surface area contributed by atoms with Crippen LogP contribution in [0.15, 0.2) is 49.1 Å². The molecule has 0 radical (unpaired) electrons. The van der Waals surface area contributed by atoms with Crippen molar-refractivity contribution in [3.05, 3.63) is 58.8 Å². The summed E-state index contributed by atoms with van der Waals surface area (Å²) >= 11 is 1.21. The summed E-state index contributed by atoms with van der Waals surface area (Å²) in [4.78, 5) is 29.9. The number of rotatable bonds is 6. The number of anilines is 1. The lowest BCUT2D eigenvalue weighted by molar-refractivity contribution is 0.0947. The van der Waals surface area contributed by atoms with Crippen LogP contribution >= 0.6 is 11.3 Å². The lowest BCUT2D eigenvalue weighted by atomic mass is 9.89. The van der Waals surface area contributed by atoms with Crippen LogP contribution in [0.4, 0.5) is 5.69 Å². The fraction of sp³-hybridized carbons (Fsp3) is 0.333. The van der Waals surface area contributed by atoms with E-state index >= 15 is 0 Å². The molecule has 0 bridgehead atoms. The van der Waals surface area contributed by atoms with Crippen molar-refractivity contribution in [1.29, 1.82) is 0 Å². The molecule has 0 aliphatic heterocycles. The number of nitrogens with zero attached hydrogens (tertiary/aromatic N) is 3. The van der Waals surface area contributed by atoms with Gasteiger partial charge in [-0.15, -0.1) is 11.3 Å². The zero-order chi connectivity index (χ0) is 20.1. The largest absolute Gasteiger partial charge is 0.351 e. The highest BCUT2D eigenvalue weighted by atomic mass is 32.1. The highest BCUT2D eigenvalue weighted by Crippen LogP contribution is 2.23. The molecule has 1 aromatic carbocycles. The molecule has 7 nitrogen and oxygen atoms in total. The molecule has 2 N–H and O–H groups in total. The topological polar surface area (TPSA) is 88.9 Å². The first-order valence-electron chi connectivity index (χ1n) is 9.83. The Balaban J connectivity index is 1.32. The smallest absolute Gasteiger partial charge is 0.265 e. The van der Waals surface area contributed by atoms with E-state index in [4.69, 9.17) is 0 Å². The fourth-order valence-electron chi connectivity index (χ4n) is 3.53. The molecule has 2 aromatic heterocycles. The molecule has 3 aromatic rings. The maximum atomic E-state index is 12.5. The lowest BCUT2D eigenvalue weighted by Gasteiger charge is -2.21. The number of nitrogens with one attached hydrogen (secondary N) is 2. The van der Waals surface area contributed by atoms with Crippen LogP contribution in [0.3, 0.4) is 0 Å². The van der Waals surface area contributed by atoms with Crippen LogP contribution in [-0.2, 0) is 0 Å². The number of carbonyl (C=O) groups excluding carboxylic acids is 2. The summed E-state index contributed by atoms with van der Waals surface area (Å²) in [6.07, 6.45) is 9.27. The number of thiophene rings is 1. The van der Waals surface area contributed by atoms with Crippen molar-refractivity contribution >= 4 is 28.8 Å². The van der Waals surface area contributed by atoms with Crippen LogP contribution in [0, 0.1) is 5.92 Å². The van der Waals surface area contributed by atoms with Gasteiger partial charge in [0.15, 0.2) is 0 Å². The predicted molar refractivity (Wildman–Crippen MR) is 113 cm³/mol. The van der Waals surface area contributed by atoms with E-state index in [9.17, 15) is 9.59 Å². The number of carbonyl (C=O) groups is 2. The summed E-state index contributed by atoms with van der Waals surface area (Å²) in [5.74, 6) is 0.252. The Morgan fingerprint density at radius 1 is 1.00 bits per heavy atom. The maximum absolute atomic E-state index is 12.5. The van der Waals surface area contributed by atoms with Crippen LogP contribution in [-0.4, -0.2) is 33.1 Å². The molecule has 2 heterocycles. The van der Waals surface area contributed by atoms with E-state index in [-0.39, 0.29) is 11.8 Å². The van der Waals surface area contributed by atoms with Gasteiger partial charge < -0.3 is 10.6 Å². The average Bonchev–Trinajstić information content (AvgIpc) is 3.46. The minimum atomic E-state index is -0.227. The van der Waals surface area contributed by atoms with Gasteiger partial charge in [-0.25, -0.2) is 9.67 Å². The Labute approximate surface area is 173 Å². The van der Waals surface area contributed by atoms with Crippen LogP contribution in [0.5, 0.6) is 0 Å². The van der Waals surface area contributed by atoms with Gasteiger partial charge >= 0.3 is 0 Å². The number of hydrogen-bond acceptors (Lipinski definition) is 5. The average molecular weight is 410 g/mol. The molecule has 1 fully saturated rings. The molecule has 0 atom stereocenters. The van der Waals surface area contributed by atoms with Crippen molar-refractivity contribution in [2.75, 3.05) is 11.9 Å². The minimum Gasteiger partial charge on any atom is -0.351 e. The molecule has 0 saturated heterocycles. The minimum absolute atomic E-state index is 0.100. The van der Waals surface area contributed by atoms with Crippen LogP contribution in [0.2, 0.25) is 0 Å². The molecule has 1 aliphatic carbocycles. The van der Waals surface area contributed by atoms with Gasteiger partial charge in [0.1, 0.15) is 12.7 Å². The van der Waals surface area contributed by atoms with Gasteiger partial charge in [0.25, 0.3) is 11.8 Å². The molecule has 1 saturated carbocycles. The number of aromatic nitrogens is 3. The van der Waals surface area contributed by atoms with Crippen molar-refractivity contribution < 1.29 is 9.59 Å². The van der Waals surface area contributed by atoms with E-state index < -0.39 is 0 Å². The van der Waals surface area contributed by atoms with E-state index in [2.05, 4.69) is 20.7 Å². The van der Waals surface area contributed by atoms with E-state index in [1.54, 1.807) is 35.3 Å². The Morgan fingerprint density at radius 3 is 2.41 bits per heavy atom. The second-order valence-electron chi connectivity index (χ2n) is 7.22. The molecule has 0 unspecified atom stereocenters. The van der Waals surface area contributed by atoms with Gasteiger partial charge in [-0.05, 0) is 55.2 Å². The van der Waals surface area contributed by atoms with Gasteiger partial charge in [0.2, 0.25) is 0 Å². The normalized spacial score (nSPS) is 14.5. The van der Waals surface area contributed by atoms with E-state index in [1.165, 1.54) is 49.8 Å². The Kier molecular flexibility index (Phi) is 6.00. The highest BCUT2D eigenvalue weighted by molar-refractivity contribution is 7.16. The van der Waals surface area contributed by atoms with Crippen molar-refractivity contribution in [1.82, 2.24) is 20.1 Å². The van der Waals surface area contributed by atoms with Crippen LogP contribution < -0.4 is 10.6 Å². The van der Waals surface area contributed by atoms with Gasteiger partial charge in [-0.2, -0.15) is 5.10 Å². The fourth-order valence-corrected chi connectivity index (χ4v) is 4.35. The van der Waals surface area contributed by atoms with Crippen molar-refractivity contribution in [3.63, 3.8) is 0 Å². The summed E-state index contributed by atoms with van der Waals surface area (Å²) in [7, 11) is 0. The SMILES string of the molecule is O=C(NCC1CCCCC1)c1ccc(C(=O)Nc2ccc(-n3cncn3)cc2)s1. The molecule has 1 aliphatic rings. The molecule has 2 amide bonds. The third-order valence-corrected chi connectivity index (χ3v) is 6.22. The number of benzene rings is 1. The monoisotopic (exact) mass is 409 g/mol. The first kappa shape index (κ1) is 19.3. The quantitative estimate of drug-likeness (QED) is 0.646. The summed E-state index contributed by atoms with van der Waals surface area (Å²) in [5.41, 5.74) is 1.53. The molecular formula is C21H23N5O2S. The second-order valence-corrected chi connectivity index (χ2v) is 8.30. The number of hydrogen-bond donors (Lipinski definition) is 2. The lowest BCUT2D eigenvalue weighted by Crippen LogP contribution is -2.29. The van der Waals surface area contributed by atoms with Crippen molar-refractivity contribution in [2.24, 2.45) is 5.92 Å². The molecule has 150 valence electrons. The maximum Gasteiger partial charge on any atom is 0.265 e. The van der Waals surface area contributed by atoms with Crippen molar-refractivity contribution in [3.8, 4) is 5.69 Å². The molecular weight excluding hydrogens is 386 g/mol. The number of amides is 2. The summed E-state index contributed by atoms with van der Waals surface area (Å²) in [5, 5.41) is 9.95. The van der Waals surface area contributed by atoms with E-state index in [0.717, 1.165) is 12.2 Å². The van der Waals surface area contributed by atoms with E-state index in [1.807, 2.05) is 12.1 Å². The molecule has 29 heavy (non-hydrogen) atoms. The van der Waals surface area contributed by atoms with Crippen molar-refractivity contribution in [2.45, 2.75) is 32.1 Å². The highest BCUT2D eigenvalue weighted by Gasteiger charge is 2.17. The zero-order valence-electron chi connectivity index (χ0n) is 16.0. The second kappa shape index (κ2) is 9.00. The van der Waals surface area contributed by atoms with Gasteiger partial charge in [-0.1, -0.05) is 19.3 Å². The Hall–Kier alpha value is -3.00. The molecule has 4 rings (SSSR count). The molecule has 0 spiro atoms. The van der Waals surface area contributed by atoms with Gasteiger partial charge in [0.05, 0.1) is 15.4 Å². The Bertz CT molecular complexity index is 959.